The average molecular weight is 207 g/mol. The second-order valence-electron chi connectivity index (χ2n) is 3.46. The molecular weight excluding hydrogens is 194 g/mol. The maximum absolute atomic E-state index is 11.0. The first-order valence-electron chi connectivity index (χ1n) is 4.53. The summed E-state index contributed by atoms with van der Waals surface area (Å²) in [6, 6.07) is 5.20. The summed E-state index contributed by atoms with van der Waals surface area (Å²) < 4.78 is 0. The van der Waals surface area contributed by atoms with Gasteiger partial charge in [-0.3, -0.25) is 9.59 Å². The molecule has 0 saturated carbocycles. The highest BCUT2D eigenvalue weighted by Gasteiger charge is 2.27. The molecule has 0 aliphatic carbocycles. The van der Waals surface area contributed by atoms with Crippen molar-refractivity contribution in [3.8, 4) is 0 Å². The van der Waals surface area contributed by atoms with E-state index in [9.17, 15) is 9.59 Å². The summed E-state index contributed by atoms with van der Waals surface area (Å²) in [7, 11) is 0. The molecule has 0 saturated heterocycles. The fraction of sp³-hybridized carbons (Fsp3) is 0.273. The third kappa shape index (κ3) is 2.15. The summed E-state index contributed by atoms with van der Waals surface area (Å²) >= 11 is 0. The van der Waals surface area contributed by atoms with Crippen molar-refractivity contribution >= 4 is 11.9 Å². The minimum Gasteiger partial charge on any atom is -0.480 e. The van der Waals surface area contributed by atoms with Crippen LogP contribution in [0.4, 0.5) is 0 Å². The van der Waals surface area contributed by atoms with E-state index >= 15 is 0 Å². The Morgan fingerprint density at radius 3 is 2.40 bits per heavy atom. The van der Waals surface area contributed by atoms with Crippen LogP contribution in [0.15, 0.2) is 18.2 Å². The molecule has 0 aromatic heterocycles. The third-order valence-corrected chi connectivity index (χ3v) is 2.49. The lowest BCUT2D eigenvalue weighted by atomic mass is 9.92. The van der Waals surface area contributed by atoms with Gasteiger partial charge >= 0.3 is 5.97 Å². The lowest BCUT2D eigenvalue weighted by Crippen LogP contribution is -2.28. The van der Waals surface area contributed by atoms with Gasteiger partial charge in [-0.2, -0.15) is 0 Å². The summed E-state index contributed by atoms with van der Waals surface area (Å²) in [6.07, 6.45) is 0. The Kier molecular flexibility index (Phi) is 3.09. The minimum absolute atomic E-state index is 0.468. The van der Waals surface area contributed by atoms with Gasteiger partial charge in [0, 0.05) is 0 Å². The first-order chi connectivity index (χ1) is 6.95. The van der Waals surface area contributed by atoms with Gasteiger partial charge in [-0.25, -0.2) is 0 Å². The molecule has 0 aliphatic rings. The molecule has 0 bridgehead atoms. The van der Waals surface area contributed by atoms with Crippen LogP contribution in [-0.2, 0) is 9.59 Å². The zero-order valence-electron chi connectivity index (χ0n) is 8.65. The molecule has 1 amide bonds. The monoisotopic (exact) mass is 207 g/mol. The lowest BCUT2D eigenvalue weighted by Gasteiger charge is -2.13. The van der Waals surface area contributed by atoms with E-state index in [-0.39, 0.29) is 0 Å². The minimum atomic E-state index is -1.26. The highest BCUT2D eigenvalue weighted by atomic mass is 16.4. The smallest absolute Gasteiger partial charge is 0.320 e. The van der Waals surface area contributed by atoms with E-state index in [0.29, 0.717) is 5.56 Å². The topological polar surface area (TPSA) is 80.4 Å². The second-order valence-corrected chi connectivity index (χ2v) is 3.46. The molecule has 1 aromatic carbocycles. The van der Waals surface area contributed by atoms with E-state index < -0.39 is 17.8 Å². The van der Waals surface area contributed by atoms with Crippen LogP contribution in [0.2, 0.25) is 0 Å². The number of benzene rings is 1. The fourth-order valence-electron chi connectivity index (χ4n) is 1.49. The van der Waals surface area contributed by atoms with Crippen molar-refractivity contribution in [2.45, 2.75) is 19.8 Å². The van der Waals surface area contributed by atoms with Crippen molar-refractivity contribution in [1.82, 2.24) is 0 Å². The van der Waals surface area contributed by atoms with E-state index in [4.69, 9.17) is 10.8 Å². The zero-order chi connectivity index (χ0) is 11.6. The van der Waals surface area contributed by atoms with Gasteiger partial charge in [-0.15, -0.1) is 0 Å². The van der Waals surface area contributed by atoms with Crippen LogP contribution in [-0.4, -0.2) is 17.0 Å². The molecule has 3 N–H and O–H groups in total. The molecule has 0 heterocycles. The zero-order valence-corrected chi connectivity index (χ0v) is 8.65. The molecule has 0 aliphatic heterocycles. The lowest BCUT2D eigenvalue weighted by molar-refractivity contribution is -0.142. The average Bonchev–Trinajstić information content (AvgIpc) is 2.11. The molecule has 1 rings (SSSR count). The van der Waals surface area contributed by atoms with Gasteiger partial charge in [0.1, 0.15) is 0 Å². The number of nitrogens with two attached hydrogens (primary N) is 1. The molecule has 1 atom stereocenters. The number of aliphatic carboxylic acids is 1. The summed E-state index contributed by atoms with van der Waals surface area (Å²) in [6.45, 7) is 3.64. The van der Waals surface area contributed by atoms with Crippen LogP contribution >= 0.6 is 0 Å². The van der Waals surface area contributed by atoms with E-state index in [1.54, 1.807) is 19.1 Å². The van der Waals surface area contributed by atoms with Gasteiger partial charge in [-0.05, 0) is 30.5 Å². The van der Waals surface area contributed by atoms with Crippen molar-refractivity contribution in [3.63, 3.8) is 0 Å². The predicted molar refractivity (Wildman–Crippen MR) is 55.5 cm³/mol. The van der Waals surface area contributed by atoms with Gasteiger partial charge in [-0.1, -0.05) is 18.2 Å². The summed E-state index contributed by atoms with van der Waals surface area (Å²) in [5, 5.41) is 8.91. The van der Waals surface area contributed by atoms with Gasteiger partial charge < -0.3 is 10.8 Å². The molecule has 15 heavy (non-hydrogen) atoms. The number of carboxylic acids is 1. The van der Waals surface area contributed by atoms with Crippen LogP contribution in [0.1, 0.15) is 22.6 Å². The van der Waals surface area contributed by atoms with Crippen molar-refractivity contribution in [2.75, 3.05) is 0 Å². The summed E-state index contributed by atoms with van der Waals surface area (Å²) in [4.78, 5) is 22.0. The van der Waals surface area contributed by atoms with Gasteiger partial charge in [0.25, 0.3) is 0 Å². The fourth-order valence-corrected chi connectivity index (χ4v) is 1.49. The summed E-state index contributed by atoms with van der Waals surface area (Å²) in [5.41, 5.74) is 7.28. The summed E-state index contributed by atoms with van der Waals surface area (Å²) in [5.74, 6) is -3.31. The number of carboxylic acid groups (broad SMARTS) is 1. The van der Waals surface area contributed by atoms with Crippen molar-refractivity contribution in [3.05, 3.63) is 34.9 Å². The van der Waals surface area contributed by atoms with Crippen LogP contribution in [0, 0.1) is 13.8 Å². The van der Waals surface area contributed by atoms with Gasteiger partial charge in [0.05, 0.1) is 0 Å². The van der Waals surface area contributed by atoms with E-state index in [0.717, 1.165) is 11.1 Å². The Bertz CT molecular complexity index is 398. The largest absolute Gasteiger partial charge is 0.480 e. The Balaban J connectivity index is 3.29. The highest BCUT2D eigenvalue weighted by molar-refractivity contribution is 6.02. The van der Waals surface area contributed by atoms with Crippen LogP contribution in [0.25, 0.3) is 0 Å². The third-order valence-electron chi connectivity index (χ3n) is 2.49. The Hall–Kier alpha value is -1.84. The molecule has 4 nitrogen and oxygen atoms in total. The molecule has 4 heteroatoms. The molecule has 1 aromatic rings. The molecule has 0 spiro atoms. The van der Waals surface area contributed by atoms with Crippen LogP contribution in [0.3, 0.4) is 0 Å². The molecule has 80 valence electrons. The maximum Gasteiger partial charge on any atom is 0.320 e. The molecular formula is C11H13NO3. The van der Waals surface area contributed by atoms with Gasteiger partial charge in [0.2, 0.25) is 5.91 Å². The highest BCUT2D eigenvalue weighted by Crippen LogP contribution is 2.22. The first-order valence-corrected chi connectivity index (χ1v) is 4.53. The number of amides is 1. The number of rotatable bonds is 3. The van der Waals surface area contributed by atoms with E-state index in [2.05, 4.69) is 0 Å². The number of carbonyl (C=O) groups excluding carboxylic acids is 1. The normalized spacial score (nSPS) is 12.1. The second kappa shape index (κ2) is 4.13. The Labute approximate surface area is 87.7 Å². The number of hydrogen-bond acceptors (Lipinski definition) is 2. The van der Waals surface area contributed by atoms with Crippen LogP contribution in [0.5, 0.6) is 0 Å². The number of carbonyl (C=O) groups is 2. The predicted octanol–water partition coefficient (Wildman–Crippen LogP) is 0.957. The molecule has 0 fully saturated rings. The van der Waals surface area contributed by atoms with E-state index in [1.807, 2.05) is 13.0 Å². The number of primary amides is 1. The van der Waals surface area contributed by atoms with Crippen molar-refractivity contribution < 1.29 is 14.7 Å². The quantitative estimate of drug-likeness (QED) is 0.724. The van der Waals surface area contributed by atoms with Crippen molar-refractivity contribution in [2.24, 2.45) is 5.73 Å². The number of aryl methyl sites for hydroxylation is 1. The Morgan fingerprint density at radius 1 is 1.33 bits per heavy atom. The number of hydrogen-bond donors (Lipinski definition) is 2. The first kappa shape index (κ1) is 11.2. The van der Waals surface area contributed by atoms with E-state index in [1.165, 1.54) is 0 Å². The standard InChI is InChI=1S/C11H13NO3/c1-6-4-3-5-8(7(6)2)9(10(12)13)11(14)15/h3-5,9H,1-2H3,(H2,12,13)(H,14,15). The van der Waals surface area contributed by atoms with Crippen LogP contribution < -0.4 is 5.73 Å². The molecule has 1 unspecified atom stereocenters. The Morgan fingerprint density at radius 2 is 1.93 bits per heavy atom. The SMILES string of the molecule is Cc1cccc(C(C(N)=O)C(=O)O)c1C. The van der Waals surface area contributed by atoms with Crippen molar-refractivity contribution in [1.29, 1.82) is 0 Å². The van der Waals surface area contributed by atoms with Gasteiger partial charge in [0.15, 0.2) is 5.92 Å². The molecule has 0 radical (unpaired) electrons. The maximum atomic E-state index is 11.0.